The maximum atomic E-state index is 13.0. The van der Waals surface area contributed by atoms with Gasteiger partial charge in [-0.1, -0.05) is 12.1 Å². The zero-order valence-corrected chi connectivity index (χ0v) is 8.11. The van der Waals surface area contributed by atoms with Gasteiger partial charge in [0.15, 0.2) is 0 Å². The minimum atomic E-state index is -0.687. The van der Waals surface area contributed by atoms with Gasteiger partial charge >= 0.3 is 0 Å². The number of halogens is 1. The molecule has 0 radical (unpaired) electrons. The first-order valence-electron chi connectivity index (χ1n) is 4.68. The van der Waals surface area contributed by atoms with E-state index in [-0.39, 0.29) is 5.82 Å². The largest absolute Gasteiger partial charge is 0.378 e. The fraction of sp³-hybridized carbons (Fsp3) is 0.364. The highest BCUT2D eigenvalue weighted by Gasteiger charge is 2.45. The van der Waals surface area contributed by atoms with Gasteiger partial charge in [-0.25, -0.2) is 4.39 Å². The Kier molecular flexibility index (Phi) is 2.43. The van der Waals surface area contributed by atoms with Gasteiger partial charge in [0, 0.05) is 0 Å². The summed E-state index contributed by atoms with van der Waals surface area (Å²) in [4.78, 5) is 0. The van der Waals surface area contributed by atoms with Gasteiger partial charge in [-0.2, -0.15) is 5.26 Å². The van der Waals surface area contributed by atoms with E-state index in [4.69, 9.17) is 15.7 Å². The molecule has 0 spiro atoms. The summed E-state index contributed by atoms with van der Waals surface area (Å²) in [5.74, 6) is -0.337. The first-order chi connectivity index (χ1) is 7.18. The van der Waals surface area contributed by atoms with Crippen molar-refractivity contribution in [2.45, 2.75) is 6.04 Å². The van der Waals surface area contributed by atoms with E-state index in [0.29, 0.717) is 18.8 Å². The molecule has 1 aliphatic rings. The molecule has 0 amide bonds. The molecule has 1 aromatic carbocycles. The molecule has 2 rings (SSSR count). The molecular weight excluding hydrogens is 195 g/mol. The summed E-state index contributed by atoms with van der Waals surface area (Å²) < 4.78 is 18.0. The zero-order valence-electron chi connectivity index (χ0n) is 8.11. The van der Waals surface area contributed by atoms with E-state index >= 15 is 0 Å². The molecule has 1 atom stereocenters. The summed E-state index contributed by atoms with van der Waals surface area (Å²) in [6, 6.07) is 7.70. The number of ether oxygens (including phenoxy) is 1. The summed E-state index contributed by atoms with van der Waals surface area (Å²) >= 11 is 0. The Bertz CT molecular complexity index is 409. The first-order valence-corrected chi connectivity index (χ1v) is 4.68. The van der Waals surface area contributed by atoms with Crippen molar-refractivity contribution in [1.82, 2.24) is 0 Å². The molecule has 1 saturated heterocycles. The maximum absolute atomic E-state index is 13.0. The minimum Gasteiger partial charge on any atom is -0.378 e. The molecule has 1 heterocycles. The fourth-order valence-electron chi connectivity index (χ4n) is 1.65. The predicted octanol–water partition coefficient (Wildman–Crippen LogP) is 1.37. The van der Waals surface area contributed by atoms with E-state index in [1.807, 2.05) is 0 Å². The van der Waals surface area contributed by atoms with E-state index in [1.165, 1.54) is 12.1 Å². The van der Waals surface area contributed by atoms with Crippen molar-refractivity contribution in [3.63, 3.8) is 0 Å². The van der Waals surface area contributed by atoms with Gasteiger partial charge in [0.25, 0.3) is 0 Å². The van der Waals surface area contributed by atoms with Crippen molar-refractivity contribution in [3.05, 3.63) is 35.6 Å². The Morgan fingerprint density at radius 2 is 2.27 bits per heavy atom. The van der Waals surface area contributed by atoms with Crippen LogP contribution in [0.4, 0.5) is 4.39 Å². The van der Waals surface area contributed by atoms with E-state index in [2.05, 4.69) is 6.07 Å². The Labute approximate surface area is 87.3 Å². The molecule has 1 unspecified atom stereocenters. The van der Waals surface area contributed by atoms with Crippen molar-refractivity contribution in [1.29, 1.82) is 5.26 Å². The molecule has 1 fully saturated rings. The third-order valence-corrected chi connectivity index (χ3v) is 2.75. The number of nitrogens with zero attached hydrogens (tertiary/aromatic N) is 1. The molecular formula is C11H11FN2O. The molecule has 0 saturated carbocycles. The van der Waals surface area contributed by atoms with Gasteiger partial charge in [0.2, 0.25) is 0 Å². The lowest BCUT2D eigenvalue weighted by molar-refractivity contribution is -0.0911. The van der Waals surface area contributed by atoms with Gasteiger partial charge in [-0.3, -0.25) is 0 Å². The van der Waals surface area contributed by atoms with Crippen molar-refractivity contribution in [2.75, 3.05) is 13.2 Å². The van der Waals surface area contributed by atoms with Crippen LogP contribution in [0.5, 0.6) is 0 Å². The quantitative estimate of drug-likeness (QED) is 0.794. The summed E-state index contributed by atoms with van der Waals surface area (Å²) in [5.41, 5.74) is 5.90. The molecule has 1 aliphatic heterocycles. The summed E-state index contributed by atoms with van der Waals surface area (Å²) in [5, 5.41) is 9.03. The third kappa shape index (κ3) is 1.60. The number of hydrogen-bond acceptors (Lipinski definition) is 3. The Hall–Kier alpha value is -1.44. The first kappa shape index (κ1) is 10.1. The standard InChI is InChI=1S/C11H11FN2O/c12-9-3-1-2-8(4-9)10(14)11(5-13)6-15-7-11/h1-4,10H,6-7,14H2. The number of hydrogen-bond donors (Lipinski definition) is 1. The predicted molar refractivity (Wildman–Crippen MR) is 52.2 cm³/mol. The normalized spacial score (nSPS) is 20.1. The number of rotatable bonds is 2. The lowest BCUT2D eigenvalue weighted by atomic mass is 9.77. The Morgan fingerprint density at radius 3 is 2.73 bits per heavy atom. The van der Waals surface area contributed by atoms with E-state index < -0.39 is 11.5 Å². The van der Waals surface area contributed by atoms with Crippen molar-refractivity contribution >= 4 is 0 Å². The Morgan fingerprint density at radius 1 is 1.53 bits per heavy atom. The zero-order chi connectivity index (χ0) is 10.9. The highest BCUT2D eigenvalue weighted by Crippen LogP contribution is 2.38. The second-order valence-electron chi connectivity index (χ2n) is 3.79. The highest BCUT2D eigenvalue weighted by atomic mass is 19.1. The van der Waals surface area contributed by atoms with Crippen LogP contribution in [0.1, 0.15) is 11.6 Å². The lowest BCUT2D eigenvalue weighted by Crippen LogP contribution is -2.49. The molecule has 0 bridgehead atoms. The van der Waals surface area contributed by atoms with Gasteiger partial charge in [-0.15, -0.1) is 0 Å². The second-order valence-corrected chi connectivity index (χ2v) is 3.79. The van der Waals surface area contributed by atoms with Gasteiger partial charge in [-0.05, 0) is 17.7 Å². The third-order valence-electron chi connectivity index (χ3n) is 2.75. The smallest absolute Gasteiger partial charge is 0.123 e. The van der Waals surface area contributed by atoms with Gasteiger partial charge in [0.1, 0.15) is 11.2 Å². The number of nitriles is 1. The van der Waals surface area contributed by atoms with Gasteiger partial charge < -0.3 is 10.5 Å². The Balaban J connectivity index is 2.28. The van der Waals surface area contributed by atoms with Crippen LogP contribution in [0, 0.1) is 22.6 Å². The average Bonchev–Trinajstić information content (AvgIpc) is 2.17. The van der Waals surface area contributed by atoms with Crippen LogP contribution in [0.2, 0.25) is 0 Å². The van der Waals surface area contributed by atoms with E-state index in [0.717, 1.165) is 0 Å². The van der Waals surface area contributed by atoms with E-state index in [1.54, 1.807) is 12.1 Å². The highest BCUT2D eigenvalue weighted by molar-refractivity contribution is 5.26. The van der Waals surface area contributed by atoms with Crippen LogP contribution >= 0.6 is 0 Å². The molecule has 1 aromatic rings. The van der Waals surface area contributed by atoms with Crippen LogP contribution in [-0.4, -0.2) is 13.2 Å². The molecule has 15 heavy (non-hydrogen) atoms. The monoisotopic (exact) mass is 206 g/mol. The number of nitrogens with two attached hydrogens (primary N) is 1. The van der Waals surface area contributed by atoms with Gasteiger partial charge in [0.05, 0.1) is 25.3 Å². The summed E-state index contributed by atoms with van der Waals surface area (Å²) in [6.45, 7) is 0.641. The lowest BCUT2D eigenvalue weighted by Gasteiger charge is -2.39. The molecule has 3 nitrogen and oxygen atoms in total. The molecule has 78 valence electrons. The molecule has 0 aromatic heterocycles. The molecule has 4 heteroatoms. The van der Waals surface area contributed by atoms with Crippen molar-refractivity contribution in [3.8, 4) is 6.07 Å². The summed E-state index contributed by atoms with van der Waals surface area (Å²) in [6.07, 6.45) is 0. The average molecular weight is 206 g/mol. The fourth-order valence-corrected chi connectivity index (χ4v) is 1.65. The SMILES string of the molecule is N#CC1(C(N)c2cccc(F)c2)COC1. The van der Waals surface area contributed by atoms with Crippen LogP contribution in [-0.2, 0) is 4.74 Å². The van der Waals surface area contributed by atoms with Crippen LogP contribution in [0.3, 0.4) is 0 Å². The van der Waals surface area contributed by atoms with Crippen LogP contribution in [0.15, 0.2) is 24.3 Å². The van der Waals surface area contributed by atoms with Crippen molar-refractivity contribution < 1.29 is 9.13 Å². The number of benzene rings is 1. The van der Waals surface area contributed by atoms with Crippen LogP contribution in [0.25, 0.3) is 0 Å². The minimum absolute atomic E-state index is 0.321. The maximum Gasteiger partial charge on any atom is 0.123 e. The van der Waals surface area contributed by atoms with Crippen LogP contribution < -0.4 is 5.73 Å². The van der Waals surface area contributed by atoms with Crippen molar-refractivity contribution in [2.24, 2.45) is 11.1 Å². The topological polar surface area (TPSA) is 59.0 Å². The molecule has 0 aliphatic carbocycles. The molecule has 2 N–H and O–H groups in total. The second kappa shape index (κ2) is 3.61. The summed E-state index contributed by atoms with van der Waals surface area (Å²) in [7, 11) is 0. The van der Waals surface area contributed by atoms with E-state index in [9.17, 15) is 4.39 Å².